The summed E-state index contributed by atoms with van der Waals surface area (Å²) in [7, 11) is -2.38. The summed E-state index contributed by atoms with van der Waals surface area (Å²) in [5, 5.41) is 2.78. The number of aryl methyl sites for hydroxylation is 3. The Bertz CT molecular complexity index is 1140. The molecule has 9 heteroatoms. The average molecular weight is 489 g/mol. The number of nitrogens with zero attached hydrogens (tertiary/aromatic N) is 1. The normalized spacial score (nSPS) is 14.8. The molecule has 0 atom stereocenters. The number of carbonyl (C=O) groups excluding carboxylic acids is 2. The van der Waals surface area contributed by atoms with Crippen LogP contribution in [0.4, 0.5) is 5.69 Å². The van der Waals surface area contributed by atoms with E-state index in [4.69, 9.17) is 9.47 Å². The van der Waals surface area contributed by atoms with Crippen LogP contribution in [0.3, 0.4) is 0 Å². The van der Waals surface area contributed by atoms with Gasteiger partial charge in [-0.15, -0.1) is 0 Å². The highest BCUT2D eigenvalue weighted by atomic mass is 32.2. The van der Waals surface area contributed by atoms with Crippen LogP contribution < -0.4 is 10.1 Å². The van der Waals surface area contributed by atoms with Gasteiger partial charge in [-0.3, -0.25) is 4.79 Å². The lowest BCUT2D eigenvalue weighted by molar-refractivity contribution is -0.119. The number of sulfonamides is 1. The Kier molecular flexibility index (Phi) is 8.33. The molecule has 0 radical (unpaired) electrons. The summed E-state index contributed by atoms with van der Waals surface area (Å²) in [6.07, 6.45) is 3.60. The highest BCUT2D eigenvalue weighted by molar-refractivity contribution is 7.89. The second-order valence-electron chi connectivity index (χ2n) is 8.58. The Labute approximate surface area is 201 Å². The van der Waals surface area contributed by atoms with Crippen LogP contribution in [-0.4, -0.2) is 51.4 Å². The topological polar surface area (TPSA) is 102 Å². The fraction of sp³-hybridized carbons (Fsp3) is 0.440. The van der Waals surface area contributed by atoms with Gasteiger partial charge < -0.3 is 14.8 Å². The van der Waals surface area contributed by atoms with Crippen LogP contribution in [-0.2, 0) is 19.6 Å². The molecule has 1 fully saturated rings. The van der Waals surface area contributed by atoms with Crippen molar-refractivity contribution in [3.05, 3.63) is 52.6 Å². The predicted octanol–water partition coefficient (Wildman–Crippen LogP) is 3.98. The number of hydrogen-bond acceptors (Lipinski definition) is 6. The van der Waals surface area contributed by atoms with Gasteiger partial charge in [0.25, 0.3) is 5.91 Å². The first-order chi connectivity index (χ1) is 16.1. The number of ether oxygens (including phenoxy) is 2. The molecule has 34 heavy (non-hydrogen) atoms. The summed E-state index contributed by atoms with van der Waals surface area (Å²) >= 11 is 0. The van der Waals surface area contributed by atoms with E-state index >= 15 is 0 Å². The van der Waals surface area contributed by atoms with Gasteiger partial charge in [0.15, 0.2) is 6.61 Å². The third-order valence-corrected chi connectivity index (χ3v) is 7.76. The lowest BCUT2D eigenvalue weighted by atomic mass is 10.1. The summed E-state index contributed by atoms with van der Waals surface area (Å²) in [5.74, 6) is -1.15. The summed E-state index contributed by atoms with van der Waals surface area (Å²) in [4.78, 5) is 25.2. The van der Waals surface area contributed by atoms with E-state index in [1.165, 1.54) is 29.6 Å². The van der Waals surface area contributed by atoms with Gasteiger partial charge in [-0.1, -0.05) is 30.5 Å². The van der Waals surface area contributed by atoms with Crippen LogP contribution in [0.5, 0.6) is 5.75 Å². The molecule has 2 aromatic carbocycles. The number of carbonyl (C=O) groups is 2. The van der Waals surface area contributed by atoms with Crippen molar-refractivity contribution >= 4 is 27.6 Å². The SMILES string of the molecule is COc1ccc(S(=O)(=O)N2CCCCCC2)cc1C(=O)OCC(=O)Nc1c(C)cc(C)cc1C. The first-order valence-corrected chi connectivity index (χ1v) is 12.8. The van der Waals surface area contributed by atoms with Gasteiger partial charge in [0.2, 0.25) is 10.0 Å². The summed E-state index contributed by atoms with van der Waals surface area (Å²) in [5.41, 5.74) is 3.53. The molecule has 0 unspecified atom stereocenters. The van der Waals surface area contributed by atoms with Crippen molar-refractivity contribution in [3.63, 3.8) is 0 Å². The highest BCUT2D eigenvalue weighted by Gasteiger charge is 2.27. The molecule has 1 amide bonds. The van der Waals surface area contributed by atoms with Crippen LogP contribution in [0.1, 0.15) is 52.7 Å². The zero-order valence-corrected chi connectivity index (χ0v) is 21.0. The molecule has 3 rings (SSSR count). The second-order valence-corrected chi connectivity index (χ2v) is 10.5. The maximum absolute atomic E-state index is 13.1. The van der Waals surface area contributed by atoms with E-state index in [2.05, 4.69) is 5.32 Å². The van der Waals surface area contributed by atoms with Gasteiger partial charge in [-0.25, -0.2) is 13.2 Å². The Morgan fingerprint density at radius 1 is 0.971 bits per heavy atom. The maximum atomic E-state index is 13.1. The van der Waals surface area contributed by atoms with Crippen molar-refractivity contribution in [2.45, 2.75) is 51.3 Å². The van der Waals surface area contributed by atoms with Crippen LogP contribution in [0.15, 0.2) is 35.2 Å². The number of amides is 1. The number of anilines is 1. The predicted molar refractivity (Wildman–Crippen MR) is 130 cm³/mol. The van der Waals surface area contributed by atoms with E-state index in [1.54, 1.807) is 0 Å². The molecule has 0 aliphatic carbocycles. The van der Waals surface area contributed by atoms with E-state index < -0.39 is 28.5 Å². The molecular formula is C25H32N2O6S. The van der Waals surface area contributed by atoms with Crippen molar-refractivity contribution in [2.75, 3.05) is 32.1 Å². The minimum absolute atomic E-state index is 0.00231. The summed E-state index contributed by atoms with van der Waals surface area (Å²) in [6, 6.07) is 8.02. The van der Waals surface area contributed by atoms with Crippen LogP contribution in [0, 0.1) is 20.8 Å². The van der Waals surface area contributed by atoms with Crippen LogP contribution in [0.25, 0.3) is 0 Å². The Morgan fingerprint density at radius 2 is 1.59 bits per heavy atom. The van der Waals surface area contributed by atoms with Crippen molar-refractivity contribution in [1.29, 1.82) is 0 Å². The van der Waals surface area contributed by atoms with Crippen LogP contribution >= 0.6 is 0 Å². The lowest BCUT2D eigenvalue weighted by Gasteiger charge is -2.20. The van der Waals surface area contributed by atoms with Crippen LogP contribution in [0.2, 0.25) is 0 Å². The molecule has 0 saturated carbocycles. The van der Waals surface area contributed by atoms with Gasteiger partial charge in [0.1, 0.15) is 11.3 Å². The smallest absolute Gasteiger partial charge is 0.342 e. The minimum Gasteiger partial charge on any atom is -0.496 e. The number of rotatable bonds is 7. The monoisotopic (exact) mass is 488 g/mol. The van der Waals surface area contributed by atoms with E-state index in [9.17, 15) is 18.0 Å². The third-order valence-electron chi connectivity index (χ3n) is 5.87. The molecule has 1 heterocycles. The quantitative estimate of drug-likeness (QED) is 0.592. The van der Waals surface area contributed by atoms with E-state index in [1.807, 2.05) is 32.9 Å². The number of benzene rings is 2. The largest absolute Gasteiger partial charge is 0.496 e. The summed E-state index contributed by atoms with van der Waals surface area (Å²) < 4.78 is 38.2. The molecule has 1 aliphatic heterocycles. The van der Waals surface area contributed by atoms with Gasteiger partial charge >= 0.3 is 5.97 Å². The van der Waals surface area contributed by atoms with Gasteiger partial charge in [-0.2, -0.15) is 4.31 Å². The molecule has 1 N–H and O–H groups in total. The van der Waals surface area contributed by atoms with Gasteiger partial charge in [0.05, 0.1) is 12.0 Å². The lowest BCUT2D eigenvalue weighted by Crippen LogP contribution is -2.32. The van der Waals surface area contributed by atoms with E-state index in [-0.39, 0.29) is 16.2 Å². The minimum atomic E-state index is -3.76. The fourth-order valence-corrected chi connectivity index (χ4v) is 5.74. The van der Waals surface area contributed by atoms with Crippen molar-refractivity contribution in [2.24, 2.45) is 0 Å². The first kappa shape index (κ1) is 25.7. The molecule has 0 bridgehead atoms. The number of methoxy groups -OCH3 is 1. The van der Waals surface area contributed by atoms with Crippen molar-refractivity contribution in [1.82, 2.24) is 4.31 Å². The molecule has 0 spiro atoms. The molecule has 2 aromatic rings. The third kappa shape index (κ3) is 5.95. The van der Waals surface area contributed by atoms with Crippen molar-refractivity contribution < 1.29 is 27.5 Å². The number of nitrogens with one attached hydrogen (secondary N) is 1. The average Bonchev–Trinajstić information content (AvgIpc) is 3.09. The first-order valence-electron chi connectivity index (χ1n) is 11.4. The maximum Gasteiger partial charge on any atom is 0.342 e. The fourth-order valence-electron chi connectivity index (χ4n) is 4.20. The Balaban J connectivity index is 1.74. The molecule has 1 aliphatic rings. The number of esters is 1. The highest BCUT2D eigenvalue weighted by Crippen LogP contribution is 2.27. The summed E-state index contributed by atoms with van der Waals surface area (Å²) in [6.45, 7) is 6.14. The Hall–Kier alpha value is -2.91. The zero-order chi connectivity index (χ0) is 24.9. The zero-order valence-electron chi connectivity index (χ0n) is 20.1. The second kappa shape index (κ2) is 11.0. The van der Waals surface area contributed by atoms with E-state index in [0.717, 1.165) is 42.4 Å². The van der Waals surface area contributed by atoms with Gasteiger partial charge in [0, 0.05) is 18.8 Å². The van der Waals surface area contributed by atoms with E-state index in [0.29, 0.717) is 18.8 Å². The molecular weight excluding hydrogens is 456 g/mol. The molecule has 1 saturated heterocycles. The molecule has 0 aromatic heterocycles. The Morgan fingerprint density at radius 3 is 2.18 bits per heavy atom. The number of hydrogen-bond donors (Lipinski definition) is 1. The standard InChI is InChI=1S/C25H32N2O6S/c1-17-13-18(2)24(19(3)14-17)26-23(28)16-33-25(29)21-15-20(9-10-22(21)32-4)34(30,31)27-11-7-5-6-8-12-27/h9-10,13-15H,5-8,11-12,16H2,1-4H3,(H,26,28). The molecule has 8 nitrogen and oxygen atoms in total. The van der Waals surface area contributed by atoms with Crippen molar-refractivity contribution in [3.8, 4) is 5.75 Å². The van der Waals surface area contributed by atoms with Gasteiger partial charge in [-0.05, 0) is 62.9 Å². The molecule has 184 valence electrons.